The van der Waals surface area contributed by atoms with Crippen molar-refractivity contribution in [2.24, 2.45) is 0 Å². The van der Waals surface area contributed by atoms with Crippen molar-refractivity contribution < 1.29 is 4.74 Å². The summed E-state index contributed by atoms with van der Waals surface area (Å²) in [4.78, 5) is 2.39. The van der Waals surface area contributed by atoms with Crippen molar-refractivity contribution in [2.45, 2.75) is 32.5 Å². The third-order valence-corrected chi connectivity index (χ3v) is 4.80. The summed E-state index contributed by atoms with van der Waals surface area (Å²) in [5, 5.41) is 5.55. The zero-order chi connectivity index (χ0) is 16.4. The van der Waals surface area contributed by atoms with E-state index in [4.69, 9.17) is 27.9 Å². The van der Waals surface area contributed by atoms with Gasteiger partial charge in [-0.1, -0.05) is 29.3 Å². The number of nitrogens with zero attached hydrogens (tertiary/aromatic N) is 3. The van der Waals surface area contributed by atoms with Crippen molar-refractivity contribution >= 4 is 23.2 Å². The van der Waals surface area contributed by atoms with Gasteiger partial charge in [-0.15, -0.1) is 0 Å². The number of ether oxygens (including phenoxy) is 1. The van der Waals surface area contributed by atoms with E-state index in [2.05, 4.69) is 30.0 Å². The maximum atomic E-state index is 6.12. The Bertz CT molecular complexity index is 672. The first-order chi connectivity index (χ1) is 11.0. The molecule has 2 aromatic rings. The molecule has 0 saturated carbocycles. The lowest BCUT2D eigenvalue weighted by Crippen LogP contribution is -2.37. The van der Waals surface area contributed by atoms with Crippen molar-refractivity contribution in [3.63, 3.8) is 0 Å². The highest BCUT2D eigenvalue weighted by molar-refractivity contribution is 6.42. The Morgan fingerprint density at radius 1 is 1.30 bits per heavy atom. The molecule has 124 valence electrons. The Balaban J connectivity index is 1.66. The van der Waals surface area contributed by atoms with Crippen molar-refractivity contribution in [3.8, 4) is 0 Å². The van der Waals surface area contributed by atoms with Crippen molar-refractivity contribution in [2.75, 3.05) is 19.7 Å². The maximum absolute atomic E-state index is 6.12. The Morgan fingerprint density at radius 2 is 2.13 bits per heavy atom. The van der Waals surface area contributed by atoms with E-state index >= 15 is 0 Å². The molecule has 1 aliphatic heterocycles. The van der Waals surface area contributed by atoms with Crippen molar-refractivity contribution in [1.29, 1.82) is 0 Å². The van der Waals surface area contributed by atoms with E-state index in [0.717, 1.165) is 25.2 Å². The van der Waals surface area contributed by atoms with Gasteiger partial charge in [0.25, 0.3) is 0 Å². The summed E-state index contributed by atoms with van der Waals surface area (Å²) >= 11 is 12.1. The van der Waals surface area contributed by atoms with Gasteiger partial charge in [-0.25, -0.2) is 0 Å². The van der Waals surface area contributed by atoms with Crippen LogP contribution in [0.25, 0.3) is 0 Å². The fourth-order valence-electron chi connectivity index (χ4n) is 2.76. The lowest BCUT2D eigenvalue weighted by Gasteiger charge is -2.33. The van der Waals surface area contributed by atoms with Crippen LogP contribution in [0, 0.1) is 0 Å². The SMILES string of the molecule is CC(C)n1cc(CN2CCO[C@@H](c3ccc(Cl)c(Cl)c3)C2)cn1. The topological polar surface area (TPSA) is 30.3 Å². The Hall–Kier alpha value is -1.07. The van der Waals surface area contributed by atoms with E-state index in [1.54, 1.807) is 0 Å². The molecule has 1 aliphatic rings. The summed E-state index contributed by atoms with van der Waals surface area (Å²) in [6.45, 7) is 7.62. The average molecular weight is 354 g/mol. The van der Waals surface area contributed by atoms with E-state index in [0.29, 0.717) is 22.7 Å². The highest BCUT2D eigenvalue weighted by Crippen LogP contribution is 2.29. The second-order valence-corrected chi connectivity index (χ2v) is 7.00. The third-order valence-electron chi connectivity index (χ3n) is 4.06. The lowest BCUT2D eigenvalue weighted by molar-refractivity contribution is -0.0329. The fourth-order valence-corrected chi connectivity index (χ4v) is 3.07. The van der Waals surface area contributed by atoms with Gasteiger partial charge < -0.3 is 4.74 Å². The largest absolute Gasteiger partial charge is 0.371 e. The van der Waals surface area contributed by atoms with Gasteiger partial charge in [0.05, 0.1) is 29.0 Å². The average Bonchev–Trinajstić information content (AvgIpc) is 2.99. The molecule has 3 rings (SSSR count). The van der Waals surface area contributed by atoms with Crippen LogP contribution in [-0.2, 0) is 11.3 Å². The summed E-state index contributed by atoms with van der Waals surface area (Å²) in [5.41, 5.74) is 2.30. The summed E-state index contributed by atoms with van der Waals surface area (Å²) in [7, 11) is 0. The molecule has 4 nitrogen and oxygen atoms in total. The molecule has 1 atom stereocenters. The van der Waals surface area contributed by atoms with Crippen LogP contribution in [0.4, 0.5) is 0 Å². The van der Waals surface area contributed by atoms with Gasteiger partial charge in [-0.05, 0) is 31.5 Å². The summed E-state index contributed by atoms with van der Waals surface area (Å²) < 4.78 is 7.90. The quantitative estimate of drug-likeness (QED) is 0.818. The third kappa shape index (κ3) is 4.07. The molecule has 6 heteroatoms. The molecule has 0 bridgehead atoms. The smallest absolute Gasteiger partial charge is 0.0953 e. The molecule has 0 aliphatic carbocycles. The van der Waals surface area contributed by atoms with Crippen LogP contribution in [-0.4, -0.2) is 34.4 Å². The van der Waals surface area contributed by atoms with Crippen molar-refractivity contribution in [3.05, 3.63) is 51.8 Å². The minimum Gasteiger partial charge on any atom is -0.371 e. The van der Waals surface area contributed by atoms with Crippen LogP contribution in [0.2, 0.25) is 10.0 Å². The van der Waals surface area contributed by atoms with Crippen molar-refractivity contribution in [1.82, 2.24) is 14.7 Å². The maximum Gasteiger partial charge on any atom is 0.0953 e. The molecule has 0 radical (unpaired) electrons. The predicted molar refractivity (Wildman–Crippen MR) is 93.0 cm³/mol. The molecule has 0 spiro atoms. The second kappa shape index (κ2) is 7.22. The molecule has 1 fully saturated rings. The van der Waals surface area contributed by atoms with E-state index in [1.807, 2.05) is 29.1 Å². The first-order valence-corrected chi connectivity index (χ1v) is 8.60. The normalized spacial score (nSPS) is 19.4. The van der Waals surface area contributed by atoms with Crippen LogP contribution in [0.1, 0.15) is 37.1 Å². The van der Waals surface area contributed by atoms with Crippen LogP contribution in [0.15, 0.2) is 30.6 Å². The number of morpholine rings is 1. The van der Waals surface area contributed by atoms with Gasteiger partial charge in [0.2, 0.25) is 0 Å². The van der Waals surface area contributed by atoms with Crippen LogP contribution in [0.3, 0.4) is 0 Å². The van der Waals surface area contributed by atoms with E-state index < -0.39 is 0 Å². The van der Waals surface area contributed by atoms with Crippen LogP contribution < -0.4 is 0 Å². The van der Waals surface area contributed by atoms with Gasteiger partial charge in [0, 0.05) is 37.4 Å². The van der Waals surface area contributed by atoms with E-state index in [1.165, 1.54) is 5.56 Å². The van der Waals surface area contributed by atoms with Crippen LogP contribution >= 0.6 is 23.2 Å². The fraction of sp³-hybridized carbons (Fsp3) is 0.471. The van der Waals surface area contributed by atoms with E-state index in [-0.39, 0.29) is 6.10 Å². The molecule has 0 N–H and O–H groups in total. The molecule has 0 unspecified atom stereocenters. The molecule has 0 amide bonds. The van der Waals surface area contributed by atoms with Gasteiger partial charge in [-0.2, -0.15) is 5.10 Å². The zero-order valence-electron chi connectivity index (χ0n) is 13.4. The summed E-state index contributed by atoms with van der Waals surface area (Å²) in [6.07, 6.45) is 4.09. The Kier molecular flexibility index (Phi) is 5.27. The Labute approximate surface area is 146 Å². The monoisotopic (exact) mass is 353 g/mol. The minimum absolute atomic E-state index is 0.0265. The van der Waals surface area contributed by atoms with Crippen LogP contribution in [0.5, 0.6) is 0 Å². The first-order valence-electron chi connectivity index (χ1n) is 7.85. The zero-order valence-corrected chi connectivity index (χ0v) is 14.9. The predicted octanol–water partition coefficient (Wildman–Crippen LogP) is 4.34. The summed E-state index contributed by atoms with van der Waals surface area (Å²) in [6, 6.07) is 6.10. The molecular weight excluding hydrogens is 333 g/mol. The number of halogens is 2. The highest BCUT2D eigenvalue weighted by atomic mass is 35.5. The van der Waals surface area contributed by atoms with E-state index in [9.17, 15) is 0 Å². The lowest BCUT2D eigenvalue weighted by atomic mass is 10.1. The summed E-state index contributed by atoms with van der Waals surface area (Å²) in [5.74, 6) is 0. The second-order valence-electron chi connectivity index (χ2n) is 6.19. The number of hydrogen-bond donors (Lipinski definition) is 0. The number of benzene rings is 1. The molecule has 2 heterocycles. The first kappa shape index (κ1) is 16.8. The molecular formula is C17H21Cl2N3O. The molecule has 1 aromatic heterocycles. The van der Waals surface area contributed by atoms with Gasteiger partial charge in [-0.3, -0.25) is 9.58 Å². The van der Waals surface area contributed by atoms with Gasteiger partial charge >= 0.3 is 0 Å². The molecule has 1 aromatic carbocycles. The number of hydrogen-bond acceptors (Lipinski definition) is 3. The standard InChI is InChI=1S/C17H21Cl2N3O/c1-12(2)22-10-13(8-20-22)9-21-5-6-23-17(11-21)14-3-4-15(18)16(19)7-14/h3-4,7-8,10,12,17H,5-6,9,11H2,1-2H3/t17-/m1/s1. The number of rotatable bonds is 4. The Morgan fingerprint density at radius 3 is 2.83 bits per heavy atom. The molecule has 1 saturated heterocycles. The minimum atomic E-state index is 0.0265. The molecule has 23 heavy (non-hydrogen) atoms. The highest BCUT2D eigenvalue weighted by Gasteiger charge is 2.23. The van der Waals surface area contributed by atoms with Gasteiger partial charge in [0.1, 0.15) is 0 Å². The van der Waals surface area contributed by atoms with Gasteiger partial charge in [0.15, 0.2) is 0 Å². The number of aromatic nitrogens is 2.